The Hall–Kier alpha value is -2.52. The van der Waals surface area contributed by atoms with Gasteiger partial charge in [-0.2, -0.15) is 13.2 Å². The molecule has 1 aromatic carbocycles. The minimum absolute atomic E-state index is 0.0401. The van der Waals surface area contributed by atoms with Gasteiger partial charge in [0.2, 0.25) is 5.88 Å². The number of Topliss-reactive ketones (excluding diaryl/α,β-unsaturated/α-hetero) is 1. The highest BCUT2D eigenvalue weighted by molar-refractivity contribution is 6.31. The van der Waals surface area contributed by atoms with E-state index in [9.17, 15) is 18.0 Å². The number of hydrogen-bond donors (Lipinski definition) is 0. The molecule has 0 spiro atoms. The standard InChI is InChI=1S/C19H13ClF3NO2/c1-18(2)10-16(25)14-7-6-13(24-17(14)26-18)5-3-11-9-12(19(21,22)23)4-8-15(11)20/h4,6-9H,10H2,1-2H3. The van der Waals surface area contributed by atoms with Crippen LogP contribution in [0.1, 0.15) is 47.4 Å². The zero-order valence-corrected chi connectivity index (χ0v) is 14.6. The van der Waals surface area contributed by atoms with Gasteiger partial charge in [-0.15, -0.1) is 0 Å². The Kier molecular flexibility index (Phi) is 4.45. The lowest BCUT2D eigenvalue weighted by molar-refractivity contribution is -0.137. The summed E-state index contributed by atoms with van der Waals surface area (Å²) < 4.78 is 44.1. The molecule has 1 aliphatic heterocycles. The molecule has 0 saturated carbocycles. The monoisotopic (exact) mass is 379 g/mol. The van der Waals surface area contributed by atoms with Crippen LogP contribution in [-0.4, -0.2) is 16.4 Å². The zero-order valence-electron chi connectivity index (χ0n) is 13.9. The predicted molar refractivity (Wildman–Crippen MR) is 90.3 cm³/mol. The summed E-state index contributed by atoms with van der Waals surface area (Å²) in [5, 5.41) is 0.107. The molecule has 0 bridgehead atoms. The number of ketones is 1. The van der Waals surface area contributed by atoms with Crippen LogP contribution >= 0.6 is 11.6 Å². The van der Waals surface area contributed by atoms with E-state index in [1.54, 1.807) is 19.9 Å². The van der Waals surface area contributed by atoms with Crippen LogP contribution < -0.4 is 4.74 Å². The Bertz CT molecular complexity index is 955. The highest BCUT2D eigenvalue weighted by Crippen LogP contribution is 2.32. The number of rotatable bonds is 0. The van der Waals surface area contributed by atoms with E-state index < -0.39 is 17.3 Å². The molecule has 0 unspecified atom stereocenters. The van der Waals surface area contributed by atoms with Crippen LogP contribution in [0, 0.1) is 11.8 Å². The molecule has 3 rings (SSSR count). The number of carbonyl (C=O) groups is 1. The first-order chi connectivity index (χ1) is 12.0. The first-order valence-corrected chi connectivity index (χ1v) is 8.05. The van der Waals surface area contributed by atoms with Gasteiger partial charge in [0.15, 0.2) is 5.78 Å². The Morgan fingerprint density at radius 3 is 2.62 bits per heavy atom. The first-order valence-electron chi connectivity index (χ1n) is 7.67. The summed E-state index contributed by atoms with van der Waals surface area (Å²) in [5.74, 6) is 5.36. The number of carbonyl (C=O) groups excluding carboxylic acids is 1. The van der Waals surface area contributed by atoms with E-state index in [1.165, 1.54) is 6.07 Å². The fraction of sp³-hybridized carbons (Fsp3) is 0.263. The number of fused-ring (bicyclic) bond motifs is 1. The molecule has 0 radical (unpaired) electrons. The van der Waals surface area contributed by atoms with Gasteiger partial charge in [0.25, 0.3) is 0 Å². The number of hydrogen-bond acceptors (Lipinski definition) is 3. The SMILES string of the molecule is CC1(C)CC(=O)c2ccc(C#Cc3cc(C(F)(F)F)ccc3Cl)nc2O1. The van der Waals surface area contributed by atoms with Crippen molar-refractivity contribution in [3.63, 3.8) is 0 Å². The predicted octanol–water partition coefficient (Wildman–Crippen LogP) is 4.90. The number of benzene rings is 1. The normalized spacial score (nSPS) is 15.5. The molecule has 3 nitrogen and oxygen atoms in total. The molecule has 134 valence electrons. The van der Waals surface area contributed by atoms with Crippen LogP contribution in [0.4, 0.5) is 13.2 Å². The van der Waals surface area contributed by atoms with E-state index in [4.69, 9.17) is 16.3 Å². The summed E-state index contributed by atoms with van der Waals surface area (Å²) >= 11 is 5.92. The highest BCUT2D eigenvalue weighted by atomic mass is 35.5. The summed E-state index contributed by atoms with van der Waals surface area (Å²) in [4.78, 5) is 16.3. The molecule has 0 saturated heterocycles. The van der Waals surface area contributed by atoms with Gasteiger partial charge in [-0.05, 0) is 50.1 Å². The number of halogens is 4. The molecule has 26 heavy (non-hydrogen) atoms. The minimum Gasteiger partial charge on any atom is -0.471 e. The van der Waals surface area contributed by atoms with Crippen molar-refractivity contribution in [1.82, 2.24) is 4.98 Å². The lowest BCUT2D eigenvalue weighted by Gasteiger charge is -2.30. The number of alkyl halides is 3. The zero-order chi connectivity index (χ0) is 19.1. The number of ether oxygens (including phenoxy) is 1. The van der Waals surface area contributed by atoms with E-state index >= 15 is 0 Å². The molecule has 2 heterocycles. The van der Waals surface area contributed by atoms with Crippen molar-refractivity contribution in [3.8, 4) is 17.7 Å². The van der Waals surface area contributed by atoms with Crippen LogP contribution in [0.5, 0.6) is 5.88 Å². The fourth-order valence-corrected chi connectivity index (χ4v) is 2.67. The van der Waals surface area contributed by atoms with Crippen molar-refractivity contribution < 1.29 is 22.7 Å². The number of aromatic nitrogens is 1. The maximum absolute atomic E-state index is 12.8. The lowest BCUT2D eigenvalue weighted by Crippen LogP contribution is -2.36. The van der Waals surface area contributed by atoms with E-state index in [1.807, 2.05) is 0 Å². The molecular weight excluding hydrogens is 367 g/mol. The summed E-state index contributed by atoms with van der Waals surface area (Å²) in [7, 11) is 0. The van der Waals surface area contributed by atoms with Crippen molar-refractivity contribution in [1.29, 1.82) is 0 Å². The van der Waals surface area contributed by atoms with E-state index in [-0.39, 0.29) is 34.4 Å². The minimum atomic E-state index is -4.48. The third kappa shape index (κ3) is 3.83. The Morgan fingerprint density at radius 2 is 1.92 bits per heavy atom. The van der Waals surface area contributed by atoms with Crippen LogP contribution in [0.15, 0.2) is 30.3 Å². The van der Waals surface area contributed by atoms with Crippen molar-refractivity contribution in [2.45, 2.75) is 32.0 Å². The smallest absolute Gasteiger partial charge is 0.416 e. The second-order valence-electron chi connectivity index (χ2n) is 6.45. The lowest BCUT2D eigenvalue weighted by atomic mass is 9.94. The average Bonchev–Trinajstić information content (AvgIpc) is 2.51. The fourth-order valence-electron chi connectivity index (χ4n) is 2.51. The van der Waals surface area contributed by atoms with Gasteiger partial charge in [0.1, 0.15) is 11.3 Å². The van der Waals surface area contributed by atoms with Crippen molar-refractivity contribution in [2.24, 2.45) is 0 Å². The average molecular weight is 380 g/mol. The maximum atomic E-state index is 12.8. The molecule has 1 aliphatic rings. The van der Waals surface area contributed by atoms with Crippen molar-refractivity contribution in [2.75, 3.05) is 0 Å². The third-order valence-electron chi connectivity index (χ3n) is 3.74. The second kappa shape index (κ2) is 6.33. The van der Waals surface area contributed by atoms with E-state index in [0.717, 1.165) is 18.2 Å². The molecule has 0 atom stereocenters. The van der Waals surface area contributed by atoms with Gasteiger partial charge < -0.3 is 4.74 Å². The Balaban J connectivity index is 1.96. The van der Waals surface area contributed by atoms with Crippen LogP contribution in [-0.2, 0) is 6.18 Å². The van der Waals surface area contributed by atoms with Gasteiger partial charge in [-0.1, -0.05) is 17.5 Å². The summed E-state index contributed by atoms with van der Waals surface area (Å²) in [6.07, 6.45) is -4.24. The highest BCUT2D eigenvalue weighted by Gasteiger charge is 2.33. The van der Waals surface area contributed by atoms with Gasteiger partial charge in [0.05, 0.1) is 22.6 Å². The molecule has 0 amide bonds. The Morgan fingerprint density at radius 1 is 1.19 bits per heavy atom. The van der Waals surface area contributed by atoms with Crippen molar-refractivity contribution in [3.05, 3.63) is 57.7 Å². The molecule has 2 aromatic rings. The van der Waals surface area contributed by atoms with Gasteiger partial charge in [-0.25, -0.2) is 4.98 Å². The molecule has 0 aliphatic carbocycles. The van der Waals surface area contributed by atoms with Gasteiger partial charge >= 0.3 is 6.18 Å². The van der Waals surface area contributed by atoms with Gasteiger partial charge in [0, 0.05) is 5.56 Å². The van der Waals surface area contributed by atoms with Crippen LogP contribution in [0.25, 0.3) is 0 Å². The number of nitrogens with zero attached hydrogens (tertiary/aromatic N) is 1. The summed E-state index contributed by atoms with van der Waals surface area (Å²) in [5.41, 5.74) is -0.832. The quantitative estimate of drug-likeness (QED) is 0.611. The molecule has 0 fully saturated rings. The number of pyridine rings is 1. The third-order valence-corrected chi connectivity index (χ3v) is 4.07. The van der Waals surface area contributed by atoms with Crippen LogP contribution in [0.3, 0.4) is 0 Å². The topological polar surface area (TPSA) is 39.2 Å². The summed E-state index contributed by atoms with van der Waals surface area (Å²) in [6, 6.07) is 6.01. The van der Waals surface area contributed by atoms with E-state index in [2.05, 4.69) is 16.8 Å². The molecule has 7 heteroatoms. The maximum Gasteiger partial charge on any atom is 0.416 e. The van der Waals surface area contributed by atoms with Crippen LogP contribution in [0.2, 0.25) is 5.02 Å². The Labute approximate surface area is 153 Å². The molecule has 0 N–H and O–H groups in total. The van der Waals surface area contributed by atoms with Crippen molar-refractivity contribution >= 4 is 17.4 Å². The molecule has 1 aromatic heterocycles. The summed E-state index contributed by atoms with van der Waals surface area (Å²) in [6.45, 7) is 3.55. The first kappa shape index (κ1) is 18.3. The van der Waals surface area contributed by atoms with Gasteiger partial charge in [-0.3, -0.25) is 4.79 Å². The second-order valence-corrected chi connectivity index (χ2v) is 6.86. The van der Waals surface area contributed by atoms with E-state index in [0.29, 0.717) is 5.56 Å². The largest absolute Gasteiger partial charge is 0.471 e. The molecular formula is C19H13ClF3NO2.